The third kappa shape index (κ3) is 2.41. The molecule has 4 aromatic rings. The standard InChI is InChI=1S/C20H20N4OS2/c1-11-7-9-13(10-8-11)23-17(25)16-15-12(2)5-4-6-14(15)27-18(16)24-19(23)21-22-20(24)26-3/h7-10,12H,4-6H2,1-3H3. The van der Waals surface area contributed by atoms with Gasteiger partial charge in [0, 0.05) is 4.88 Å². The summed E-state index contributed by atoms with van der Waals surface area (Å²) in [4.78, 5) is 16.0. The topological polar surface area (TPSA) is 52.2 Å². The van der Waals surface area contributed by atoms with Gasteiger partial charge in [0.25, 0.3) is 5.56 Å². The highest BCUT2D eigenvalue weighted by atomic mass is 32.2. The van der Waals surface area contributed by atoms with Crippen LogP contribution in [0.1, 0.15) is 41.7 Å². The Balaban J connectivity index is 1.99. The third-order valence-electron chi connectivity index (χ3n) is 5.45. The van der Waals surface area contributed by atoms with Crippen LogP contribution in [-0.2, 0) is 6.42 Å². The van der Waals surface area contributed by atoms with Gasteiger partial charge in [-0.3, -0.25) is 4.79 Å². The summed E-state index contributed by atoms with van der Waals surface area (Å²) in [7, 11) is 0. The number of nitrogens with zero attached hydrogens (tertiary/aromatic N) is 4. The Kier molecular flexibility index (Phi) is 3.91. The summed E-state index contributed by atoms with van der Waals surface area (Å²) in [5, 5.41) is 10.4. The third-order valence-corrected chi connectivity index (χ3v) is 7.33. The SMILES string of the molecule is CSc1nnc2n(-c3ccc(C)cc3)c(=O)c3c4c(sc3n12)CCCC4C. The molecule has 1 atom stereocenters. The molecule has 0 saturated heterocycles. The molecule has 0 amide bonds. The normalized spacial score (nSPS) is 16.9. The van der Waals surface area contributed by atoms with E-state index in [0.29, 0.717) is 11.7 Å². The molecule has 5 nitrogen and oxygen atoms in total. The smallest absolute Gasteiger partial charge is 0.268 e. The van der Waals surface area contributed by atoms with E-state index in [1.807, 2.05) is 37.4 Å². The molecule has 7 heteroatoms. The Morgan fingerprint density at radius 1 is 1.22 bits per heavy atom. The molecule has 1 aliphatic carbocycles. The minimum atomic E-state index is 0.0210. The number of benzene rings is 1. The van der Waals surface area contributed by atoms with E-state index in [2.05, 4.69) is 21.5 Å². The van der Waals surface area contributed by atoms with Crippen molar-refractivity contribution in [3.8, 4) is 5.69 Å². The minimum Gasteiger partial charge on any atom is -0.268 e. The lowest BCUT2D eigenvalue weighted by molar-refractivity contribution is 0.601. The predicted molar refractivity (Wildman–Crippen MR) is 112 cm³/mol. The Hall–Kier alpha value is -2.12. The van der Waals surface area contributed by atoms with Crippen molar-refractivity contribution in [1.82, 2.24) is 19.2 Å². The van der Waals surface area contributed by atoms with E-state index in [1.165, 1.54) is 16.9 Å². The van der Waals surface area contributed by atoms with Crippen molar-refractivity contribution in [2.24, 2.45) is 0 Å². The highest BCUT2D eigenvalue weighted by molar-refractivity contribution is 7.98. The highest BCUT2D eigenvalue weighted by Gasteiger charge is 2.28. The lowest BCUT2D eigenvalue weighted by Gasteiger charge is -2.18. The van der Waals surface area contributed by atoms with Crippen molar-refractivity contribution in [3.63, 3.8) is 0 Å². The quantitative estimate of drug-likeness (QED) is 0.466. The van der Waals surface area contributed by atoms with Crippen molar-refractivity contribution in [2.75, 3.05) is 6.26 Å². The molecule has 0 aliphatic heterocycles. The molecule has 0 N–H and O–H groups in total. The fraction of sp³-hybridized carbons (Fsp3) is 0.350. The van der Waals surface area contributed by atoms with Gasteiger partial charge in [-0.25, -0.2) is 8.97 Å². The summed E-state index contributed by atoms with van der Waals surface area (Å²) in [5.74, 6) is 1.00. The van der Waals surface area contributed by atoms with Crippen LogP contribution in [0, 0.1) is 6.92 Å². The Morgan fingerprint density at radius 2 is 2.00 bits per heavy atom. The molecular formula is C20H20N4OS2. The summed E-state index contributed by atoms with van der Waals surface area (Å²) in [5.41, 5.74) is 3.26. The number of rotatable bonds is 2. The van der Waals surface area contributed by atoms with Gasteiger partial charge in [-0.1, -0.05) is 36.4 Å². The molecule has 1 unspecified atom stereocenters. The van der Waals surface area contributed by atoms with Crippen LogP contribution in [0.15, 0.2) is 34.2 Å². The summed E-state index contributed by atoms with van der Waals surface area (Å²) in [6.07, 6.45) is 5.38. The van der Waals surface area contributed by atoms with Gasteiger partial charge in [-0.2, -0.15) is 0 Å². The molecular weight excluding hydrogens is 376 g/mol. The second-order valence-electron chi connectivity index (χ2n) is 7.21. The van der Waals surface area contributed by atoms with Crippen molar-refractivity contribution in [2.45, 2.75) is 44.2 Å². The minimum absolute atomic E-state index is 0.0210. The van der Waals surface area contributed by atoms with E-state index >= 15 is 0 Å². The average Bonchev–Trinajstić information content (AvgIpc) is 3.25. The van der Waals surface area contributed by atoms with Gasteiger partial charge in [0.1, 0.15) is 4.83 Å². The summed E-state index contributed by atoms with van der Waals surface area (Å²) >= 11 is 3.30. The molecule has 1 aliphatic rings. The highest BCUT2D eigenvalue weighted by Crippen LogP contribution is 2.41. The van der Waals surface area contributed by atoms with Gasteiger partial charge in [0.2, 0.25) is 5.78 Å². The molecule has 0 fully saturated rings. The van der Waals surface area contributed by atoms with Crippen LogP contribution in [0.3, 0.4) is 0 Å². The van der Waals surface area contributed by atoms with Crippen LogP contribution >= 0.6 is 23.1 Å². The Morgan fingerprint density at radius 3 is 2.74 bits per heavy atom. The van der Waals surface area contributed by atoms with Gasteiger partial charge in [0.15, 0.2) is 5.16 Å². The van der Waals surface area contributed by atoms with E-state index in [9.17, 15) is 4.79 Å². The van der Waals surface area contributed by atoms with Crippen LogP contribution in [-0.4, -0.2) is 25.4 Å². The van der Waals surface area contributed by atoms with Gasteiger partial charge >= 0.3 is 0 Å². The molecule has 0 bridgehead atoms. The number of aryl methyl sites for hydroxylation is 2. The number of hydrogen-bond donors (Lipinski definition) is 0. The van der Waals surface area contributed by atoms with Gasteiger partial charge in [-0.05, 0) is 56.1 Å². The van der Waals surface area contributed by atoms with Crippen LogP contribution in [0.5, 0.6) is 0 Å². The van der Waals surface area contributed by atoms with E-state index < -0.39 is 0 Å². The fourth-order valence-corrected chi connectivity index (χ4v) is 6.10. The number of aromatic nitrogens is 4. The Labute approximate surface area is 165 Å². The van der Waals surface area contributed by atoms with Crippen LogP contribution < -0.4 is 5.56 Å². The zero-order chi connectivity index (χ0) is 18.7. The van der Waals surface area contributed by atoms with Crippen molar-refractivity contribution in [3.05, 3.63) is 50.6 Å². The molecule has 0 spiro atoms. The maximum absolute atomic E-state index is 13.7. The first-order valence-corrected chi connectivity index (χ1v) is 11.2. The second-order valence-corrected chi connectivity index (χ2v) is 9.07. The van der Waals surface area contributed by atoms with Crippen molar-refractivity contribution in [1.29, 1.82) is 0 Å². The zero-order valence-electron chi connectivity index (χ0n) is 15.5. The van der Waals surface area contributed by atoms with E-state index in [4.69, 9.17) is 0 Å². The van der Waals surface area contributed by atoms with Crippen molar-refractivity contribution < 1.29 is 0 Å². The summed E-state index contributed by atoms with van der Waals surface area (Å²) < 4.78 is 3.79. The molecule has 0 radical (unpaired) electrons. The zero-order valence-corrected chi connectivity index (χ0v) is 17.2. The monoisotopic (exact) mass is 396 g/mol. The lowest BCUT2D eigenvalue weighted by atomic mass is 9.88. The number of hydrogen-bond acceptors (Lipinski definition) is 5. The van der Waals surface area contributed by atoms with E-state index in [0.717, 1.165) is 39.5 Å². The van der Waals surface area contributed by atoms with Crippen LogP contribution in [0.2, 0.25) is 0 Å². The van der Waals surface area contributed by atoms with Gasteiger partial charge in [-0.15, -0.1) is 21.5 Å². The molecule has 3 aromatic heterocycles. The maximum Gasteiger partial charge on any atom is 0.268 e. The maximum atomic E-state index is 13.7. The molecule has 27 heavy (non-hydrogen) atoms. The lowest BCUT2D eigenvalue weighted by Crippen LogP contribution is -2.22. The fourth-order valence-electron chi connectivity index (χ4n) is 4.11. The first-order valence-electron chi connectivity index (χ1n) is 9.16. The number of thioether (sulfide) groups is 1. The predicted octanol–water partition coefficient (Wildman–Crippen LogP) is 4.57. The first kappa shape index (κ1) is 17.0. The molecule has 1 aromatic carbocycles. The van der Waals surface area contributed by atoms with Gasteiger partial charge in [0.05, 0.1) is 11.1 Å². The van der Waals surface area contributed by atoms with Crippen LogP contribution in [0.25, 0.3) is 21.7 Å². The first-order chi connectivity index (χ1) is 13.1. The van der Waals surface area contributed by atoms with E-state index in [1.54, 1.807) is 27.7 Å². The van der Waals surface area contributed by atoms with Crippen LogP contribution in [0.4, 0.5) is 0 Å². The summed E-state index contributed by atoms with van der Waals surface area (Å²) in [6.45, 7) is 4.29. The number of thiophene rings is 1. The molecule has 138 valence electrons. The van der Waals surface area contributed by atoms with Gasteiger partial charge < -0.3 is 0 Å². The second kappa shape index (κ2) is 6.21. The largest absolute Gasteiger partial charge is 0.268 e. The molecule has 0 saturated carbocycles. The summed E-state index contributed by atoms with van der Waals surface area (Å²) in [6, 6.07) is 8.02. The average molecular weight is 397 g/mol. The van der Waals surface area contributed by atoms with Crippen molar-refractivity contribution >= 4 is 39.1 Å². The number of fused-ring (bicyclic) bond motifs is 5. The Bertz CT molecular complexity index is 1230. The molecule has 3 heterocycles. The van der Waals surface area contributed by atoms with E-state index in [-0.39, 0.29) is 5.56 Å². The molecule has 5 rings (SSSR count).